The predicted molar refractivity (Wildman–Crippen MR) is 118 cm³/mol. The molecule has 1 fully saturated rings. The Hall–Kier alpha value is -3.19. The molecule has 2 aromatic carbocycles. The summed E-state index contributed by atoms with van der Waals surface area (Å²) in [6.07, 6.45) is 3.26. The molecule has 0 saturated carbocycles. The van der Waals surface area contributed by atoms with E-state index >= 15 is 0 Å². The van der Waals surface area contributed by atoms with Gasteiger partial charge in [0.05, 0.1) is 11.9 Å². The predicted octanol–water partition coefficient (Wildman–Crippen LogP) is 4.32. The van der Waals surface area contributed by atoms with Crippen LogP contribution in [-0.2, 0) is 4.79 Å². The van der Waals surface area contributed by atoms with Gasteiger partial charge < -0.3 is 14.6 Å². The van der Waals surface area contributed by atoms with Gasteiger partial charge in [-0.2, -0.15) is 0 Å². The molecular formula is C24H27FN4O2. The number of benzene rings is 2. The van der Waals surface area contributed by atoms with Crippen molar-refractivity contribution in [2.24, 2.45) is 5.92 Å². The van der Waals surface area contributed by atoms with Crippen molar-refractivity contribution >= 4 is 17.3 Å². The Morgan fingerprint density at radius 2 is 1.84 bits per heavy atom. The molecule has 31 heavy (non-hydrogen) atoms. The maximum Gasteiger partial charge on any atom is 0.226 e. The van der Waals surface area contributed by atoms with Crippen molar-refractivity contribution in [3.05, 3.63) is 78.3 Å². The Balaban J connectivity index is 1.46. The Kier molecular flexibility index (Phi) is 6.32. The first-order chi connectivity index (χ1) is 15.0. The average molecular weight is 423 g/mol. The van der Waals surface area contributed by atoms with Gasteiger partial charge in [0.2, 0.25) is 11.8 Å². The second kappa shape index (κ2) is 9.31. The third-order valence-corrected chi connectivity index (χ3v) is 5.56. The fraction of sp³-hybridized carbons (Fsp3) is 0.333. The molecule has 4 rings (SSSR count). The Labute approximate surface area is 181 Å². The lowest BCUT2D eigenvalue weighted by atomic mass is 10.0. The number of carbonyl (C=O) groups is 1. The van der Waals surface area contributed by atoms with Crippen LogP contribution in [0.3, 0.4) is 0 Å². The van der Waals surface area contributed by atoms with Gasteiger partial charge in [0, 0.05) is 37.8 Å². The van der Waals surface area contributed by atoms with Crippen LogP contribution in [0, 0.1) is 11.7 Å². The SMILES string of the molecule is CC(C)C(=O)Nc1ccc(N2CCN(C(c3ccccc3)c3ncco3)CC2)c(F)c1. The van der Waals surface area contributed by atoms with Crippen LogP contribution in [0.15, 0.2) is 65.4 Å². The van der Waals surface area contributed by atoms with Gasteiger partial charge in [-0.25, -0.2) is 9.37 Å². The van der Waals surface area contributed by atoms with E-state index in [1.54, 1.807) is 38.4 Å². The summed E-state index contributed by atoms with van der Waals surface area (Å²) in [4.78, 5) is 20.6. The van der Waals surface area contributed by atoms with E-state index in [0.29, 0.717) is 30.4 Å². The molecule has 7 heteroatoms. The summed E-state index contributed by atoms with van der Waals surface area (Å²) >= 11 is 0. The van der Waals surface area contributed by atoms with E-state index in [1.165, 1.54) is 6.07 Å². The lowest BCUT2D eigenvalue weighted by Gasteiger charge is -2.39. The van der Waals surface area contributed by atoms with Crippen LogP contribution in [0.1, 0.15) is 31.3 Å². The molecule has 0 spiro atoms. The molecule has 1 N–H and O–H groups in total. The van der Waals surface area contributed by atoms with Crippen LogP contribution in [0.4, 0.5) is 15.8 Å². The largest absolute Gasteiger partial charge is 0.447 e. The van der Waals surface area contributed by atoms with E-state index in [0.717, 1.165) is 18.7 Å². The molecule has 3 aromatic rings. The fourth-order valence-corrected chi connectivity index (χ4v) is 3.86. The van der Waals surface area contributed by atoms with Crippen LogP contribution >= 0.6 is 0 Å². The normalized spacial score (nSPS) is 15.8. The molecule has 6 nitrogen and oxygen atoms in total. The van der Waals surface area contributed by atoms with Crippen LogP contribution in [0.25, 0.3) is 0 Å². The number of nitrogens with zero attached hydrogens (tertiary/aromatic N) is 3. The highest BCUT2D eigenvalue weighted by Crippen LogP contribution is 2.30. The van der Waals surface area contributed by atoms with Crippen molar-refractivity contribution in [2.45, 2.75) is 19.9 Å². The topological polar surface area (TPSA) is 61.6 Å². The summed E-state index contributed by atoms with van der Waals surface area (Å²) in [5.74, 6) is 0.0506. The van der Waals surface area contributed by atoms with Crippen LogP contribution in [-0.4, -0.2) is 42.0 Å². The molecule has 1 atom stereocenters. The van der Waals surface area contributed by atoms with Crippen molar-refractivity contribution in [1.82, 2.24) is 9.88 Å². The van der Waals surface area contributed by atoms with E-state index in [-0.39, 0.29) is 23.7 Å². The van der Waals surface area contributed by atoms with Crippen LogP contribution in [0.5, 0.6) is 0 Å². The summed E-state index contributed by atoms with van der Waals surface area (Å²) in [6.45, 7) is 6.46. The molecule has 0 aliphatic carbocycles. The second-order valence-corrected chi connectivity index (χ2v) is 8.02. The molecule has 1 unspecified atom stereocenters. The quantitative estimate of drug-likeness (QED) is 0.641. The lowest BCUT2D eigenvalue weighted by molar-refractivity contribution is -0.118. The summed E-state index contributed by atoms with van der Waals surface area (Å²) in [5, 5.41) is 2.75. The Morgan fingerprint density at radius 3 is 2.45 bits per heavy atom. The number of piperazine rings is 1. The summed E-state index contributed by atoms with van der Waals surface area (Å²) in [6, 6.07) is 15.0. The van der Waals surface area contributed by atoms with Crippen molar-refractivity contribution in [1.29, 1.82) is 0 Å². The number of aromatic nitrogens is 1. The fourth-order valence-electron chi connectivity index (χ4n) is 3.86. The number of oxazole rings is 1. The van der Waals surface area contributed by atoms with E-state index in [4.69, 9.17) is 4.42 Å². The zero-order valence-electron chi connectivity index (χ0n) is 17.8. The smallest absolute Gasteiger partial charge is 0.226 e. The Morgan fingerprint density at radius 1 is 1.10 bits per heavy atom. The molecule has 1 amide bonds. The number of nitrogens with one attached hydrogen (secondary N) is 1. The second-order valence-electron chi connectivity index (χ2n) is 8.02. The third-order valence-electron chi connectivity index (χ3n) is 5.56. The molecule has 0 bridgehead atoms. The van der Waals surface area contributed by atoms with E-state index in [2.05, 4.69) is 27.3 Å². The lowest BCUT2D eigenvalue weighted by Crippen LogP contribution is -2.48. The maximum absolute atomic E-state index is 14.8. The van der Waals surface area contributed by atoms with Gasteiger partial charge in [0.15, 0.2) is 0 Å². The standard InChI is InChI=1S/C24H27FN4O2/c1-17(2)23(30)27-19-8-9-21(20(25)16-19)28-11-13-29(14-12-28)22(24-26-10-15-31-24)18-6-4-3-5-7-18/h3-10,15-17,22H,11-14H2,1-2H3,(H,27,30). The summed E-state index contributed by atoms with van der Waals surface area (Å²) in [7, 11) is 0. The van der Waals surface area contributed by atoms with E-state index in [9.17, 15) is 9.18 Å². The van der Waals surface area contributed by atoms with Gasteiger partial charge in [-0.05, 0) is 23.8 Å². The zero-order valence-corrected chi connectivity index (χ0v) is 17.8. The van der Waals surface area contributed by atoms with Crippen molar-refractivity contribution in [3.8, 4) is 0 Å². The minimum Gasteiger partial charge on any atom is -0.447 e. The van der Waals surface area contributed by atoms with Crippen molar-refractivity contribution in [2.75, 3.05) is 36.4 Å². The van der Waals surface area contributed by atoms with Gasteiger partial charge in [-0.15, -0.1) is 0 Å². The summed E-state index contributed by atoms with van der Waals surface area (Å²) in [5.41, 5.74) is 2.15. The van der Waals surface area contributed by atoms with Gasteiger partial charge in [0.1, 0.15) is 18.1 Å². The highest BCUT2D eigenvalue weighted by atomic mass is 19.1. The van der Waals surface area contributed by atoms with E-state index in [1.807, 2.05) is 23.1 Å². The average Bonchev–Trinajstić information content (AvgIpc) is 3.30. The number of halogens is 1. The molecule has 2 heterocycles. The van der Waals surface area contributed by atoms with Gasteiger partial charge in [0.25, 0.3) is 0 Å². The third kappa shape index (κ3) is 4.77. The molecule has 1 aliphatic heterocycles. The van der Waals surface area contributed by atoms with Gasteiger partial charge >= 0.3 is 0 Å². The van der Waals surface area contributed by atoms with E-state index < -0.39 is 0 Å². The first kappa shape index (κ1) is 21.1. The Bertz CT molecular complexity index is 1000. The first-order valence-corrected chi connectivity index (χ1v) is 10.6. The van der Waals surface area contributed by atoms with Crippen molar-refractivity contribution < 1.29 is 13.6 Å². The number of hydrogen-bond acceptors (Lipinski definition) is 5. The minimum absolute atomic E-state index is 0.0724. The van der Waals surface area contributed by atoms with Gasteiger partial charge in [-0.1, -0.05) is 44.2 Å². The molecule has 0 radical (unpaired) electrons. The highest BCUT2D eigenvalue weighted by molar-refractivity contribution is 5.92. The number of rotatable bonds is 6. The molecule has 1 saturated heterocycles. The monoisotopic (exact) mass is 422 g/mol. The van der Waals surface area contributed by atoms with Crippen molar-refractivity contribution in [3.63, 3.8) is 0 Å². The molecule has 1 aliphatic rings. The maximum atomic E-state index is 14.8. The molecule has 162 valence electrons. The van der Waals surface area contributed by atoms with Crippen LogP contribution in [0.2, 0.25) is 0 Å². The first-order valence-electron chi connectivity index (χ1n) is 10.6. The molecule has 1 aromatic heterocycles. The van der Waals surface area contributed by atoms with Gasteiger partial charge in [-0.3, -0.25) is 9.69 Å². The number of carbonyl (C=O) groups excluding carboxylic acids is 1. The number of amides is 1. The number of anilines is 2. The minimum atomic E-state index is -0.331. The van der Waals surface area contributed by atoms with Crippen LogP contribution < -0.4 is 10.2 Å². The molecular weight excluding hydrogens is 395 g/mol. The number of hydrogen-bond donors (Lipinski definition) is 1. The summed E-state index contributed by atoms with van der Waals surface area (Å²) < 4.78 is 20.4. The highest BCUT2D eigenvalue weighted by Gasteiger charge is 2.30. The zero-order chi connectivity index (χ0) is 21.8.